The van der Waals surface area contributed by atoms with Crippen LogP contribution in [0.4, 0.5) is 11.6 Å². The Bertz CT molecular complexity index is 436. The molecular formula is C12H21N5O2. The van der Waals surface area contributed by atoms with Gasteiger partial charge in [0, 0.05) is 12.6 Å². The van der Waals surface area contributed by atoms with E-state index in [4.69, 9.17) is 10.5 Å². The van der Waals surface area contributed by atoms with Crippen LogP contribution in [0.1, 0.15) is 20.8 Å². The maximum absolute atomic E-state index is 11.2. The third-order valence-electron chi connectivity index (χ3n) is 2.55. The zero-order valence-corrected chi connectivity index (χ0v) is 11.8. The summed E-state index contributed by atoms with van der Waals surface area (Å²) in [7, 11) is 1.55. The van der Waals surface area contributed by atoms with Gasteiger partial charge in [-0.3, -0.25) is 4.79 Å². The number of nitrogens with zero attached hydrogens (tertiary/aromatic N) is 3. The van der Waals surface area contributed by atoms with Crippen LogP contribution in [0.25, 0.3) is 0 Å². The van der Waals surface area contributed by atoms with E-state index in [0.717, 1.165) is 0 Å². The molecule has 7 nitrogen and oxygen atoms in total. The molecular weight excluding hydrogens is 246 g/mol. The van der Waals surface area contributed by atoms with Crippen molar-refractivity contribution < 1.29 is 9.53 Å². The number of hydrogen-bond donors (Lipinski definition) is 2. The maximum Gasteiger partial charge on any atom is 0.237 e. The minimum Gasteiger partial charge on any atom is -0.490 e. The molecule has 0 aliphatic carbocycles. The average molecular weight is 267 g/mol. The summed E-state index contributed by atoms with van der Waals surface area (Å²) in [6.45, 7) is 6.67. The van der Waals surface area contributed by atoms with Crippen molar-refractivity contribution in [1.82, 2.24) is 9.97 Å². The molecule has 0 fully saturated rings. The monoisotopic (exact) mass is 267 g/mol. The standard InChI is InChI=1S/C12H21N5O2/c1-5-14-11-10(19-4)12(16-7-15-11)17(8(2)3)6-9(13)18/h7-8H,5-6H2,1-4H3,(H2,13,18)(H,14,15,16). The number of rotatable bonds is 7. The van der Waals surface area contributed by atoms with E-state index in [9.17, 15) is 4.79 Å². The predicted octanol–water partition coefficient (Wildman–Crippen LogP) is 0.617. The zero-order valence-electron chi connectivity index (χ0n) is 11.8. The Morgan fingerprint density at radius 2 is 2.21 bits per heavy atom. The largest absolute Gasteiger partial charge is 0.490 e. The molecule has 19 heavy (non-hydrogen) atoms. The first kappa shape index (κ1) is 15.0. The smallest absolute Gasteiger partial charge is 0.237 e. The van der Waals surface area contributed by atoms with E-state index in [-0.39, 0.29) is 12.6 Å². The van der Waals surface area contributed by atoms with Crippen molar-refractivity contribution in [2.45, 2.75) is 26.8 Å². The van der Waals surface area contributed by atoms with Crippen LogP contribution in [0.3, 0.4) is 0 Å². The van der Waals surface area contributed by atoms with Crippen molar-refractivity contribution in [3.63, 3.8) is 0 Å². The summed E-state index contributed by atoms with van der Waals surface area (Å²) in [6.07, 6.45) is 1.44. The highest BCUT2D eigenvalue weighted by atomic mass is 16.5. The first-order valence-corrected chi connectivity index (χ1v) is 6.19. The van der Waals surface area contributed by atoms with Gasteiger partial charge in [-0.15, -0.1) is 0 Å². The second-order valence-electron chi connectivity index (χ2n) is 4.30. The van der Waals surface area contributed by atoms with E-state index in [1.807, 2.05) is 20.8 Å². The molecule has 1 aromatic rings. The van der Waals surface area contributed by atoms with Gasteiger partial charge in [0.2, 0.25) is 11.7 Å². The number of aromatic nitrogens is 2. The van der Waals surface area contributed by atoms with Gasteiger partial charge in [0.25, 0.3) is 0 Å². The Hall–Kier alpha value is -2.05. The van der Waals surface area contributed by atoms with Crippen molar-refractivity contribution in [3.05, 3.63) is 6.33 Å². The number of carbonyl (C=O) groups excluding carboxylic acids is 1. The van der Waals surface area contributed by atoms with Crippen molar-refractivity contribution in [3.8, 4) is 5.75 Å². The Balaban J connectivity index is 3.21. The number of primary amides is 1. The summed E-state index contributed by atoms with van der Waals surface area (Å²) < 4.78 is 5.36. The minimum absolute atomic E-state index is 0.0609. The lowest BCUT2D eigenvalue weighted by Crippen LogP contribution is -2.39. The quantitative estimate of drug-likeness (QED) is 0.752. The number of carbonyl (C=O) groups is 1. The molecule has 1 heterocycles. The zero-order chi connectivity index (χ0) is 14.4. The number of nitrogens with one attached hydrogen (secondary N) is 1. The fraction of sp³-hybridized carbons (Fsp3) is 0.583. The van der Waals surface area contributed by atoms with Gasteiger partial charge >= 0.3 is 0 Å². The fourth-order valence-electron chi connectivity index (χ4n) is 1.72. The highest BCUT2D eigenvalue weighted by Gasteiger charge is 2.21. The first-order valence-electron chi connectivity index (χ1n) is 6.19. The van der Waals surface area contributed by atoms with Crippen LogP contribution in [0, 0.1) is 0 Å². The van der Waals surface area contributed by atoms with Crippen LogP contribution in [0.15, 0.2) is 6.33 Å². The lowest BCUT2D eigenvalue weighted by Gasteiger charge is -2.28. The summed E-state index contributed by atoms with van der Waals surface area (Å²) in [4.78, 5) is 21.3. The molecule has 1 amide bonds. The molecule has 0 aromatic carbocycles. The lowest BCUT2D eigenvalue weighted by molar-refractivity contribution is -0.116. The van der Waals surface area contributed by atoms with Gasteiger partial charge in [0.1, 0.15) is 6.33 Å². The molecule has 0 radical (unpaired) electrons. The molecule has 1 rings (SSSR count). The second-order valence-corrected chi connectivity index (χ2v) is 4.30. The Kier molecular flexibility index (Phi) is 5.35. The molecule has 0 bridgehead atoms. The van der Waals surface area contributed by atoms with Gasteiger partial charge < -0.3 is 20.7 Å². The maximum atomic E-state index is 11.2. The van der Waals surface area contributed by atoms with Crippen molar-refractivity contribution >= 4 is 17.5 Å². The van der Waals surface area contributed by atoms with Crippen LogP contribution in [-0.2, 0) is 4.79 Å². The van der Waals surface area contributed by atoms with Gasteiger partial charge in [-0.2, -0.15) is 0 Å². The van der Waals surface area contributed by atoms with Crippen LogP contribution < -0.4 is 20.7 Å². The normalized spacial score (nSPS) is 10.4. The Labute approximate surface area is 113 Å². The van der Waals surface area contributed by atoms with E-state index in [0.29, 0.717) is 23.9 Å². The van der Waals surface area contributed by atoms with E-state index in [1.165, 1.54) is 6.33 Å². The van der Waals surface area contributed by atoms with Gasteiger partial charge in [-0.05, 0) is 20.8 Å². The summed E-state index contributed by atoms with van der Waals surface area (Å²) in [5, 5.41) is 3.10. The van der Waals surface area contributed by atoms with E-state index < -0.39 is 5.91 Å². The fourth-order valence-corrected chi connectivity index (χ4v) is 1.72. The number of methoxy groups -OCH3 is 1. The Morgan fingerprint density at radius 1 is 1.53 bits per heavy atom. The second kappa shape index (κ2) is 6.77. The molecule has 7 heteroatoms. The molecule has 0 aliphatic rings. The minimum atomic E-state index is -0.417. The van der Waals surface area contributed by atoms with E-state index >= 15 is 0 Å². The summed E-state index contributed by atoms with van der Waals surface area (Å²) >= 11 is 0. The molecule has 0 atom stereocenters. The highest BCUT2D eigenvalue weighted by Crippen LogP contribution is 2.32. The lowest BCUT2D eigenvalue weighted by atomic mass is 10.3. The molecule has 0 unspecified atom stereocenters. The van der Waals surface area contributed by atoms with Gasteiger partial charge in [-0.25, -0.2) is 9.97 Å². The van der Waals surface area contributed by atoms with Crippen molar-refractivity contribution in [2.24, 2.45) is 5.73 Å². The molecule has 0 saturated heterocycles. The van der Waals surface area contributed by atoms with Crippen LogP contribution in [-0.4, -0.2) is 42.1 Å². The molecule has 0 aliphatic heterocycles. The van der Waals surface area contributed by atoms with Crippen molar-refractivity contribution in [2.75, 3.05) is 30.4 Å². The molecule has 3 N–H and O–H groups in total. The van der Waals surface area contributed by atoms with Crippen LogP contribution in [0.5, 0.6) is 5.75 Å². The summed E-state index contributed by atoms with van der Waals surface area (Å²) in [5.74, 6) is 1.26. The van der Waals surface area contributed by atoms with E-state index in [1.54, 1.807) is 12.0 Å². The topological polar surface area (TPSA) is 93.4 Å². The highest BCUT2D eigenvalue weighted by molar-refractivity contribution is 5.80. The number of nitrogens with two attached hydrogens (primary N) is 1. The van der Waals surface area contributed by atoms with E-state index in [2.05, 4.69) is 15.3 Å². The number of amides is 1. The third-order valence-corrected chi connectivity index (χ3v) is 2.55. The van der Waals surface area contributed by atoms with Crippen LogP contribution >= 0.6 is 0 Å². The van der Waals surface area contributed by atoms with Gasteiger partial charge in [0.15, 0.2) is 11.6 Å². The SMILES string of the molecule is CCNc1ncnc(N(CC(N)=O)C(C)C)c1OC. The first-order chi connectivity index (χ1) is 9.01. The van der Waals surface area contributed by atoms with Gasteiger partial charge in [-0.1, -0.05) is 0 Å². The number of hydrogen-bond acceptors (Lipinski definition) is 6. The molecule has 0 saturated carbocycles. The molecule has 106 valence electrons. The summed E-state index contributed by atoms with van der Waals surface area (Å²) in [5.41, 5.74) is 5.28. The van der Waals surface area contributed by atoms with Crippen LogP contribution in [0.2, 0.25) is 0 Å². The third kappa shape index (κ3) is 3.70. The Morgan fingerprint density at radius 3 is 2.68 bits per heavy atom. The number of ether oxygens (including phenoxy) is 1. The number of anilines is 2. The average Bonchev–Trinajstić information content (AvgIpc) is 2.35. The summed E-state index contributed by atoms with van der Waals surface area (Å²) in [6, 6.07) is 0.0609. The van der Waals surface area contributed by atoms with Gasteiger partial charge in [0.05, 0.1) is 13.7 Å². The van der Waals surface area contributed by atoms with Crippen molar-refractivity contribution in [1.29, 1.82) is 0 Å². The molecule has 1 aromatic heterocycles. The molecule has 0 spiro atoms. The predicted molar refractivity (Wildman–Crippen MR) is 74.4 cm³/mol.